The van der Waals surface area contributed by atoms with Crippen LogP contribution in [0, 0.1) is 0 Å². The molecule has 0 fully saturated rings. The van der Waals surface area contributed by atoms with Crippen LogP contribution >= 0.6 is 23.2 Å². The Hall–Kier alpha value is -2.70. The number of nitrogens with one attached hydrogen (secondary N) is 1. The van der Waals surface area contributed by atoms with Crippen molar-refractivity contribution in [2.24, 2.45) is 0 Å². The van der Waals surface area contributed by atoms with Gasteiger partial charge in [0.1, 0.15) is 5.02 Å². The van der Waals surface area contributed by atoms with Gasteiger partial charge in [0.2, 0.25) is 0 Å². The molecule has 1 amide bonds. The van der Waals surface area contributed by atoms with Gasteiger partial charge in [0, 0.05) is 24.5 Å². The third-order valence-corrected chi connectivity index (χ3v) is 4.17. The SMILES string of the molecule is O=C(NCc1cccnc1)c1ccc(-n2ncc(Cl)c(Cl)c2=O)cc1. The highest BCUT2D eigenvalue weighted by Gasteiger charge is 2.10. The molecule has 0 unspecified atom stereocenters. The molecule has 2 heterocycles. The number of rotatable bonds is 4. The largest absolute Gasteiger partial charge is 0.348 e. The minimum atomic E-state index is -0.525. The van der Waals surface area contributed by atoms with Crippen LogP contribution in [0.2, 0.25) is 10.0 Å². The summed E-state index contributed by atoms with van der Waals surface area (Å²) in [5, 5.41) is 6.73. The number of carbonyl (C=O) groups excluding carboxylic acids is 1. The Morgan fingerprint density at radius 3 is 2.56 bits per heavy atom. The zero-order chi connectivity index (χ0) is 17.8. The van der Waals surface area contributed by atoms with Gasteiger partial charge in [-0.15, -0.1) is 0 Å². The Balaban J connectivity index is 1.75. The average Bonchev–Trinajstić information content (AvgIpc) is 2.65. The van der Waals surface area contributed by atoms with E-state index < -0.39 is 5.56 Å². The lowest BCUT2D eigenvalue weighted by atomic mass is 10.2. The molecule has 25 heavy (non-hydrogen) atoms. The van der Waals surface area contributed by atoms with E-state index in [4.69, 9.17) is 23.2 Å². The van der Waals surface area contributed by atoms with E-state index in [2.05, 4.69) is 15.4 Å². The minimum absolute atomic E-state index is 0.0920. The Morgan fingerprint density at radius 1 is 1.12 bits per heavy atom. The zero-order valence-electron chi connectivity index (χ0n) is 12.8. The number of carbonyl (C=O) groups is 1. The van der Waals surface area contributed by atoms with Crippen LogP contribution in [0.4, 0.5) is 0 Å². The Bertz CT molecular complexity index is 957. The maximum Gasteiger partial charge on any atom is 0.291 e. The van der Waals surface area contributed by atoms with Crippen LogP contribution < -0.4 is 10.9 Å². The van der Waals surface area contributed by atoms with Gasteiger partial charge in [-0.25, -0.2) is 0 Å². The standard InChI is InChI=1S/C17H12Cl2N4O2/c18-14-10-22-23(17(25)15(14)19)13-5-3-12(4-6-13)16(24)21-9-11-2-1-7-20-8-11/h1-8,10H,9H2,(H,21,24). The number of nitrogens with zero attached hydrogens (tertiary/aromatic N) is 3. The molecule has 1 aromatic carbocycles. The lowest BCUT2D eigenvalue weighted by Crippen LogP contribution is -2.23. The van der Waals surface area contributed by atoms with E-state index in [9.17, 15) is 9.59 Å². The average molecular weight is 375 g/mol. The second kappa shape index (κ2) is 7.46. The fourth-order valence-electron chi connectivity index (χ4n) is 2.14. The van der Waals surface area contributed by atoms with E-state index in [0.29, 0.717) is 17.8 Å². The highest BCUT2D eigenvalue weighted by molar-refractivity contribution is 6.41. The molecule has 0 aliphatic rings. The molecule has 3 aromatic rings. The molecule has 0 radical (unpaired) electrons. The van der Waals surface area contributed by atoms with Crippen molar-refractivity contribution in [3.8, 4) is 5.69 Å². The van der Waals surface area contributed by atoms with Gasteiger partial charge < -0.3 is 5.32 Å². The lowest BCUT2D eigenvalue weighted by molar-refractivity contribution is 0.0951. The van der Waals surface area contributed by atoms with Gasteiger partial charge in [-0.05, 0) is 35.9 Å². The van der Waals surface area contributed by atoms with Gasteiger partial charge in [-0.3, -0.25) is 14.6 Å². The van der Waals surface area contributed by atoms with E-state index in [0.717, 1.165) is 10.2 Å². The van der Waals surface area contributed by atoms with Gasteiger partial charge in [-0.2, -0.15) is 9.78 Å². The molecule has 0 aliphatic heterocycles. The first-order valence-electron chi connectivity index (χ1n) is 7.27. The predicted molar refractivity (Wildman–Crippen MR) is 95.3 cm³/mol. The summed E-state index contributed by atoms with van der Waals surface area (Å²) in [5.41, 5.74) is 1.31. The molecule has 8 heteroatoms. The van der Waals surface area contributed by atoms with Crippen molar-refractivity contribution in [2.45, 2.75) is 6.54 Å². The summed E-state index contributed by atoms with van der Waals surface area (Å²) in [5.74, 6) is -0.232. The van der Waals surface area contributed by atoms with Gasteiger partial charge in [0.25, 0.3) is 11.5 Å². The molecule has 126 valence electrons. The summed E-state index contributed by atoms with van der Waals surface area (Å²) in [6.45, 7) is 0.377. The first-order chi connectivity index (χ1) is 12.1. The monoisotopic (exact) mass is 374 g/mol. The van der Waals surface area contributed by atoms with Gasteiger partial charge >= 0.3 is 0 Å². The molecule has 0 aliphatic carbocycles. The quantitative estimate of drug-likeness (QED) is 0.761. The molecule has 6 nitrogen and oxygen atoms in total. The fourth-order valence-corrected chi connectivity index (χ4v) is 2.39. The molecule has 0 atom stereocenters. The van der Waals surface area contributed by atoms with Crippen LogP contribution in [0.15, 0.2) is 59.8 Å². The maximum atomic E-state index is 12.2. The fraction of sp³-hybridized carbons (Fsp3) is 0.0588. The number of amides is 1. The van der Waals surface area contributed by atoms with E-state index >= 15 is 0 Å². The molecule has 0 bridgehead atoms. The summed E-state index contributed by atoms with van der Waals surface area (Å²) in [4.78, 5) is 28.2. The molecule has 3 rings (SSSR count). The van der Waals surface area contributed by atoms with Crippen LogP contribution in [0.25, 0.3) is 5.69 Å². The number of hydrogen-bond donors (Lipinski definition) is 1. The normalized spacial score (nSPS) is 10.5. The van der Waals surface area contributed by atoms with Crippen molar-refractivity contribution in [3.63, 3.8) is 0 Å². The maximum absolute atomic E-state index is 12.2. The van der Waals surface area contributed by atoms with E-state index in [1.54, 1.807) is 42.7 Å². The smallest absolute Gasteiger partial charge is 0.291 e. The van der Waals surface area contributed by atoms with Crippen LogP contribution in [0.5, 0.6) is 0 Å². The van der Waals surface area contributed by atoms with Crippen LogP contribution in [0.3, 0.4) is 0 Å². The van der Waals surface area contributed by atoms with E-state index in [1.165, 1.54) is 6.20 Å². The highest BCUT2D eigenvalue weighted by Crippen LogP contribution is 2.16. The second-order valence-electron chi connectivity index (χ2n) is 5.11. The van der Waals surface area contributed by atoms with Crippen LogP contribution in [-0.4, -0.2) is 20.7 Å². The summed E-state index contributed by atoms with van der Waals surface area (Å²) in [7, 11) is 0. The molecule has 0 saturated heterocycles. The third-order valence-electron chi connectivity index (χ3n) is 3.43. The Labute approximate surface area is 153 Å². The van der Waals surface area contributed by atoms with Crippen molar-refractivity contribution < 1.29 is 4.79 Å². The number of benzene rings is 1. The van der Waals surface area contributed by atoms with Crippen molar-refractivity contribution in [3.05, 3.63) is 86.5 Å². The van der Waals surface area contributed by atoms with Crippen LogP contribution in [0.1, 0.15) is 15.9 Å². The van der Waals surface area contributed by atoms with Crippen molar-refractivity contribution >= 4 is 29.1 Å². The van der Waals surface area contributed by atoms with Gasteiger partial charge in [0.15, 0.2) is 0 Å². The summed E-state index contributed by atoms with van der Waals surface area (Å²) in [6.07, 6.45) is 4.65. The second-order valence-corrected chi connectivity index (χ2v) is 5.90. The van der Waals surface area contributed by atoms with E-state index in [1.807, 2.05) is 6.07 Å². The topological polar surface area (TPSA) is 76.9 Å². The molecule has 2 aromatic heterocycles. The number of aromatic nitrogens is 3. The van der Waals surface area contributed by atoms with Crippen molar-refractivity contribution in [1.29, 1.82) is 0 Å². The third kappa shape index (κ3) is 3.87. The molecule has 0 saturated carbocycles. The molecular formula is C17H12Cl2N4O2. The molecule has 0 spiro atoms. The highest BCUT2D eigenvalue weighted by atomic mass is 35.5. The van der Waals surface area contributed by atoms with E-state index in [-0.39, 0.29) is 16.0 Å². The lowest BCUT2D eigenvalue weighted by Gasteiger charge is -2.08. The number of hydrogen-bond acceptors (Lipinski definition) is 4. The Morgan fingerprint density at radius 2 is 1.88 bits per heavy atom. The minimum Gasteiger partial charge on any atom is -0.348 e. The van der Waals surface area contributed by atoms with Gasteiger partial charge in [0.05, 0.1) is 16.9 Å². The molecular weight excluding hydrogens is 363 g/mol. The Kier molecular flexibility index (Phi) is 5.11. The molecule has 1 N–H and O–H groups in total. The number of halogens is 2. The van der Waals surface area contributed by atoms with Crippen molar-refractivity contribution in [2.75, 3.05) is 0 Å². The zero-order valence-corrected chi connectivity index (χ0v) is 14.3. The summed E-state index contributed by atoms with van der Waals surface area (Å²) in [6, 6.07) is 10.1. The summed E-state index contributed by atoms with van der Waals surface area (Å²) < 4.78 is 1.12. The number of pyridine rings is 1. The first kappa shape index (κ1) is 17.1. The summed E-state index contributed by atoms with van der Waals surface area (Å²) >= 11 is 11.6. The first-order valence-corrected chi connectivity index (χ1v) is 8.03. The van der Waals surface area contributed by atoms with Crippen LogP contribution in [-0.2, 0) is 6.54 Å². The van der Waals surface area contributed by atoms with Gasteiger partial charge in [-0.1, -0.05) is 29.3 Å². The van der Waals surface area contributed by atoms with Crippen molar-refractivity contribution in [1.82, 2.24) is 20.1 Å². The predicted octanol–water partition coefficient (Wildman–Crippen LogP) is 2.86.